The van der Waals surface area contributed by atoms with Gasteiger partial charge < -0.3 is 0 Å². The van der Waals surface area contributed by atoms with E-state index in [1.165, 1.54) is 0 Å². The van der Waals surface area contributed by atoms with Crippen LogP contribution in [0.5, 0.6) is 0 Å². The largest absolute Gasteiger partial charge is 0.261 e. The summed E-state index contributed by atoms with van der Waals surface area (Å²) in [7, 11) is 0. The van der Waals surface area contributed by atoms with Crippen LogP contribution in [0.4, 0.5) is 0 Å². The minimum Gasteiger partial charge on any atom is -0.261 e. The molecule has 0 saturated carbocycles. The quantitative estimate of drug-likeness (QED) is 0.795. The molecule has 2 aromatic heterocycles. The maximum atomic E-state index is 4.54. The number of nitrogens with zero attached hydrogens (tertiary/aromatic N) is 2. The van der Waals surface area contributed by atoms with Crippen LogP contribution in [0.1, 0.15) is 39.1 Å². The highest BCUT2D eigenvalue weighted by atomic mass is 14.7. The fourth-order valence-electron chi connectivity index (χ4n) is 2.27. The highest BCUT2D eigenvalue weighted by Gasteiger charge is 2.03. The van der Waals surface area contributed by atoms with Crippen LogP contribution < -0.4 is 0 Å². The molecule has 0 unspecified atom stereocenters. The van der Waals surface area contributed by atoms with Gasteiger partial charge in [-0.3, -0.25) is 9.97 Å². The van der Waals surface area contributed by atoms with Crippen molar-refractivity contribution < 1.29 is 0 Å². The normalized spacial score (nSPS) is 11.3. The number of hydrogen-bond donors (Lipinski definition) is 0. The van der Waals surface area contributed by atoms with Crippen molar-refractivity contribution in [3.8, 4) is 11.1 Å². The highest BCUT2D eigenvalue weighted by molar-refractivity contribution is 5.61. The molecule has 2 rings (SSSR count). The first-order chi connectivity index (χ1) is 9.54. The summed E-state index contributed by atoms with van der Waals surface area (Å²) in [6, 6.07) is 8.53. The number of aromatic nitrogens is 2. The molecule has 0 aliphatic rings. The van der Waals surface area contributed by atoms with Crippen LogP contribution in [-0.2, 0) is 12.8 Å². The molecule has 0 N–H and O–H groups in total. The van der Waals surface area contributed by atoms with Crippen LogP contribution in [0.2, 0.25) is 0 Å². The molecule has 0 aromatic carbocycles. The fourth-order valence-corrected chi connectivity index (χ4v) is 2.27. The van der Waals surface area contributed by atoms with Crippen LogP contribution in [0.25, 0.3) is 11.1 Å². The van der Waals surface area contributed by atoms with Gasteiger partial charge in [-0.1, -0.05) is 39.8 Å². The molecule has 0 aliphatic carbocycles. The predicted octanol–water partition coefficient (Wildman–Crippen LogP) is 4.54. The Hall–Kier alpha value is -1.70. The molecule has 0 bridgehead atoms. The summed E-state index contributed by atoms with van der Waals surface area (Å²) in [5.41, 5.74) is 4.60. The molecule has 2 nitrogen and oxygen atoms in total. The lowest BCUT2D eigenvalue weighted by Gasteiger charge is -2.07. The third-order valence-electron chi connectivity index (χ3n) is 3.22. The van der Waals surface area contributed by atoms with Crippen LogP contribution in [0, 0.1) is 11.8 Å². The smallest absolute Gasteiger partial charge is 0.0406 e. The summed E-state index contributed by atoms with van der Waals surface area (Å²) in [6.45, 7) is 8.86. The molecular weight excluding hydrogens is 244 g/mol. The van der Waals surface area contributed by atoms with E-state index in [0.29, 0.717) is 11.8 Å². The molecule has 2 heterocycles. The van der Waals surface area contributed by atoms with Gasteiger partial charge >= 0.3 is 0 Å². The van der Waals surface area contributed by atoms with E-state index in [1.54, 1.807) is 0 Å². The maximum absolute atomic E-state index is 4.54. The zero-order chi connectivity index (χ0) is 14.5. The minimum absolute atomic E-state index is 0.644. The van der Waals surface area contributed by atoms with E-state index in [0.717, 1.165) is 35.4 Å². The van der Waals surface area contributed by atoms with Gasteiger partial charge in [-0.05, 0) is 36.8 Å². The molecule has 0 aliphatic heterocycles. The van der Waals surface area contributed by atoms with Crippen molar-refractivity contribution in [2.24, 2.45) is 11.8 Å². The van der Waals surface area contributed by atoms with Crippen LogP contribution in [-0.4, -0.2) is 9.97 Å². The lowest BCUT2D eigenvalue weighted by atomic mass is 10.0. The van der Waals surface area contributed by atoms with Crippen molar-refractivity contribution in [1.82, 2.24) is 9.97 Å². The van der Waals surface area contributed by atoms with E-state index in [4.69, 9.17) is 0 Å². The van der Waals surface area contributed by atoms with Gasteiger partial charge in [0.25, 0.3) is 0 Å². The first-order valence-electron chi connectivity index (χ1n) is 7.45. The third kappa shape index (κ3) is 4.16. The molecule has 0 atom stereocenters. The van der Waals surface area contributed by atoms with Gasteiger partial charge in [-0.15, -0.1) is 0 Å². The van der Waals surface area contributed by atoms with Gasteiger partial charge in [0, 0.05) is 34.9 Å². The summed E-state index contributed by atoms with van der Waals surface area (Å²) in [6.07, 6.45) is 5.98. The second-order valence-electron chi connectivity index (χ2n) is 6.27. The molecule has 0 saturated heterocycles. The lowest BCUT2D eigenvalue weighted by molar-refractivity contribution is 0.635. The molecule has 2 aromatic rings. The van der Waals surface area contributed by atoms with Crippen molar-refractivity contribution in [3.05, 3.63) is 48.0 Å². The summed E-state index contributed by atoms with van der Waals surface area (Å²) in [5.74, 6) is 1.29. The molecule has 0 fully saturated rings. The Morgan fingerprint density at radius 3 is 1.35 bits per heavy atom. The van der Waals surface area contributed by atoms with Gasteiger partial charge in [0.15, 0.2) is 0 Å². The van der Waals surface area contributed by atoms with Gasteiger partial charge in [0.05, 0.1) is 0 Å². The van der Waals surface area contributed by atoms with Crippen molar-refractivity contribution in [1.29, 1.82) is 0 Å². The van der Waals surface area contributed by atoms with E-state index in [-0.39, 0.29) is 0 Å². The Balaban J connectivity index is 2.11. The molecule has 0 radical (unpaired) electrons. The summed E-state index contributed by atoms with van der Waals surface area (Å²) in [5, 5.41) is 0. The summed E-state index contributed by atoms with van der Waals surface area (Å²) in [4.78, 5) is 9.08. The fraction of sp³-hybridized carbons (Fsp3) is 0.444. The van der Waals surface area contributed by atoms with Crippen LogP contribution >= 0.6 is 0 Å². The monoisotopic (exact) mass is 268 g/mol. The SMILES string of the molecule is CC(C)Cc1ccc(-c2ccc(CC(C)C)nc2)cn1. The third-order valence-corrected chi connectivity index (χ3v) is 3.22. The Kier molecular flexibility index (Phi) is 4.89. The Morgan fingerprint density at radius 2 is 1.10 bits per heavy atom. The second-order valence-corrected chi connectivity index (χ2v) is 6.27. The topological polar surface area (TPSA) is 25.8 Å². The standard InChI is InChI=1S/C18H24N2/c1-13(2)9-17-7-5-15(11-19-17)16-6-8-18(20-12-16)10-14(3)4/h5-8,11-14H,9-10H2,1-4H3. The van der Waals surface area contributed by atoms with Crippen molar-refractivity contribution >= 4 is 0 Å². The Bertz CT molecular complexity index is 473. The first kappa shape index (κ1) is 14.7. The molecular formula is C18H24N2. The van der Waals surface area contributed by atoms with Gasteiger partial charge in [0.1, 0.15) is 0 Å². The average molecular weight is 268 g/mol. The average Bonchev–Trinajstić information content (AvgIpc) is 2.39. The van der Waals surface area contributed by atoms with Crippen molar-refractivity contribution in [2.75, 3.05) is 0 Å². The van der Waals surface area contributed by atoms with E-state index in [1.807, 2.05) is 12.4 Å². The van der Waals surface area contributed by atoms with Crippen molar-refractivity contribution in [2.45, 2.75) is 40.5 Å². The van der Waals surface area contributed by atoms with E-state index in [9.17, 15) is 0 Å². The van der Waals surface area contributed by atoms with Crippen molar-refractivity contribution in [3.63, 3.8) is 0 Å². The molecule has 0 spiro atoms. The van der Waals surface area contributed by atoms with Gasteiger partial charge in [-0.25, -0.2) is 0 Å². The Morgan fingerprint density at radius 1 is 0.700 bits per heavy atom. The summed E-state index contributed by atoms with van der Waals surface area (Å²) >= 11 is 0. The molecule has 2 heteroatoms. The zero-order valence-electron chi connectivity index (χ0n) is 12.9. The number of pyridine rings is 2. The Labute approximate surface area is 122 Å². The lowest BCUT2D eigenvalue weighted by Crippen LogP contribution is -1.98. The molecule has 106 valence electrons. The minimum atomic E-state index is 0.644. The highest BCUT2D eigenvalue weighted by Crippen LogP contribution is 2.19. The van der Waals surface area contributed by atoms with E-state index >= 15 is 0 Å². The predicted molar refractivity (Wildman–Crippen MR) is 84.6 cm³/mol. The van der Waals surface area contributed by atoms with Gasteiger partial charge in [0.2, 0.25) is 0 Å². The first-order valence-corrected chi connectivity index (χ1v) is 7.45. The summed E-state index contributed by atoms with van der Waals surface area (Å²) < 4.78 is 0. The number of hydrogen-bond acceptors (Lipinski definition) is 2. The van der Waals surface area contributed by atoms with Crippen LogP contribution in [0.3, 0.4) is 0 Å². The van der Waals surface area contributed by atoms with E-state index < -0.39 is 0 Å². The second kappa shape index (κ2) is 6.65. The van der Waals surface area contributed by atoms with E-state index in [2.05, 4.69) is 61.9 Å². The number of rotatable bonds is 5. The van der Waals surface area contributed by atoms with Crippen LogP contribution in [0.15, 0.2) is 36.7 Å². The zero-order valence-corrected chi connectivity index (χ0v) is 12.9. The molecule has 20 heavy (non-hydrogen) atoms. The molecule has 0 amide bonds. The van der Waals surface area contributed by atoms with Gasteiger partial charge in [-0.2, -0.15) is 0 Å². The maximum Gasteiger partial charge on any atom is 0.0406 e.